The van der Waals surface area contributed by atoms with Crippen LogP contribution in [0.2, 0.25) is 5.02 Å². The SMILES string of the molecule is Cc1onc(-c2c(F)cccc2Cl)c1C(=O)N1CCC(OCc2ccccc2)CC1. The van der Waals surface area contributed by atoms with E-state index in [4.69, 9.17) is 20.9 Å². The molecule has 0 unspecified atom stereocenters. The van der Waals surface area contributed by atoms with Gasteiger partial charge in [0.05, 0.1) is 23.3 Å². The fraction of sp³-hybridized carbons (Fsp3) is 0.304. The van der Waals surface area contributed by atoms with Crippen LogP contribution in [0, 0.1) is 12.7 Å². The molecule has 1 aromatic heterocycles. The Bertz CT molecular complexity index is 1010. The predicted molar refractivity (Wildman–Crippen MR) is 112 cm³/mol. The molecule has 30 heavy (non-hydrogen) atoms. The third-order valence-corrected chi connectivity index (χ3v) is 5.65. The molecule has 2 heterocycles. The van der Waals surface area contributed by atoms with E-state index in [1.54, 1.807) is 17.9 Å². The Morgan fingerprint density at radius 2 is 1.93 bits per heavy atom. The molecule has 1 fully saturated rings. The minimum Gasteiger partial charge on any atom is -0.373 e. The van der Waals surface area contributed by atoms with Crippen molar-refractivity contribution >= 4 is 17.5 Å². The molecule has 0 saturated carbocycles. The molecule has 2 aromatic carbocycles. The number of halogens is 2. The average molecular weight is 429 g/mol. The minimum absolute atomic E-state index is 0.0837. The molecule has 1 saturated heterocycles. The Labute approximate surface area is 179 Å². The van der Waals surface area contributed by atoms with E-state index in [2.05, 4.69) is 5.16 Å². The van der Waals surface area contributed by atoms with Crippen molar-refractivity contribution in [3.63, 3.8) is 0 Å². The molecule has 0 N–H and O–H groups in total. The number of benzene rings is 2. The van der Waals surface area contributed by atoms with Crippen LogP contribution in [-0.2, 0) is 11.3 Å². The second-order valence-electron chi connectivity index (χ2n) is 7.35. The molecule has 156 valence electrons. The van der Waals surface area contributed by atoms with Crippen LogP contribution >= 0.6 is 11.6 Å². The summed E-state index contributed by atoms with van der Waals surface area (Å²) < 4.78 is 25.6. The van der Waals surface area contributed by atoms with E-state index < -0.39 is 5.82 Å². The fourth-order valence-electron chi connectivity index (χ4n) is 3.69. The molecule has 0 radical (unpaired) electrons. The number of ether oxygens (including phenoxy) is 1. The van der Waals surface area contributed by atoms with Crippen LogP contribution in [0.1, 0.15) is 34.5 Å². The van der Waals surface area contributed by atoms with Gasteiger partial charge < -0.3 is 14.2 Å². The molecule has 3 aromatic rings. The zero-order valence-electron chi connectivity index (χ0n) is 16.6. The standard InChI is InChI=1S/C23H22ClFN2O3/c1-15-20(22(26-30-15)21-18(24)8-5-9-19(21)25)23(28)27-12-10-17(11-13-27)29-14-16-6-3-2-4-7-16/h2-9,17H,10-14H2,1H3. The summed E-state index contributed by atoms with van der Waals surface area (Å²) in [5, 5.41) is 4.12. The Kier molecular flexibility index (Phi) is 6.16. The summed E-state index contributed by atoms with van der Waals surface area (Å²) in [5.74, 6) is -0.431. The average Bonchev–Trinajstić information content (AvgIpc) is 3.13. The van der Waals surface area contributed by atoms with E-state index in [0.717, 1.165) is 18.4 Å². The third-order valence-electron chi connectivity index (χ3n) is 5.33. The van der Waals surface area contributed by atoms with Crippen molar-refractivity contribution in [2.45, 2.75) is 32.5 Å². The van der Waals surface area contributed by atoms with Crippen LogP contribution in [0.3, 0.4) is 0 Å². The van der Waals surface area contributed by atoms with E-state index in [-0.39, 0.29) is 33.9 Å². The Morgan fingerprint density at radius 3 is 2.63 bits per heavy atom. The monoisotopic (exact) mass is 428 g/mol. The predicted octanol–water partition coefficient (Wildman–Crippen LogP) is 5.26. The molecular weight excluding hydrogens is 407 g/mol. The van der Waals surface area contributed by atoms with E-state index in [1.807, 2.05) is 30.3 Å². The van der Waals surface area contributed by atoms with E-state index in [9.17, 15) is 9.18 Å². The lowest BCUT2D eigenvalue weighted by atomic mass is 10.0. The Morgan fingerprint density at radius 1 is 1.20 bits per heavy atom. The van der Waals surface area contributed by atoms with Crippen molar-refractivity contribution in [1.29, 1.82) is 0 Å². The zero-order valence-corrected chi connectivity index (χ0v) is 17.4. The van der Waals surface area contributed by atoms with Gasteiger partial charge in [-0.3, -0.25) is 4.79 Å². The summed E-state index contributed by atoms with van der Waals surface area (Å²) in [7, 11) is 0. The van der Waals surface area contributed by atoms with Crippen LogP contribution < -0.4 is 0 Å². The van der Waals surface area contributed by atoms with Crippen molar-refractivity contribution in [1.82, 2.24) is 10.1 Å². The van der Waals surface area contributed by atoms with E-state index in [0.29, 0.717) is 25.5 Å². The number of nitrogens with zero attached hydrogens (tertiary/aromatic N) is 2. The highest BCUT2D eigenvalue weighted by atomic mass is 35.5. The van der Waals surface area contributed by atoms with Crippen LogP contribution in [0.15, 0.2) is 53.1 Å². The maximum absolute atomic E-state index is 14.4. The van der Waals surface area contributed by atoms with Gasteiger partial charge in [-0.15, -0.1) is 0 Å². The first-order valence-corrected chi connectivity index (χ1v) is 10.3. The largest absolute Gasteiger partial charge is 0.373 e. The lowest BCUT2D eigenvalue weighted by molar-refractivity contribution is -0.000394. The van der Waals surface area contributed by atoms with Crippen LogP contribution in [0.5, 0.6) is 0 Å². The van der Waals surface area contributed by atoms with Crippen LogP contribution in [0.25, 0.3) is 11.3 Å². The number of aryl methyl sites for hydroxylation is 1. The van der Waals surface area contributed by atoms with Gasteiger partial charge in [0.1, 0.15) is 22.8 Å². The van der Waals surface area contributed by atoms with E-state index in [1.165, 1.54) is 12.1 Å². The van der Waals surface area contributed by atoms with Crippen molar-refractivity contribution in [3.05, 3.63) is 76.3 Å². The summed E-state index contributed by atoms with van der Waals surface area (Å²) in [6, 6.07) is 14.4. The molecule has 0 atom stereocenters. The fourth-order valence-corrected chi connectivity index (χ4v) is 3.94. The highest BCUT2D eigenvalue weighted by molar-refractivity contribution is 6.33. The number of hydrogen-bond acceptors (Lipinski definition) is 4. The van der Waals surface area contributed by atoms with Gasteiger partial charge >= 0.3 is 0 Å². The normalized spacial score (nSPS) is 14.8. The number of rotatable bonds is 5. The molecule has 1 aliphatic heterocycles. The minimum atomic E-state index is -0.544. The molecule has 7 heteroatoms. The Balaban J connectivity index is 1.45. The quantitative estimate of drug-likeness (QED) is 0.556. The molecule has 0 bridgehead atoms. The topological polar surface area (TPSA) is 55.6 Å². The van der Waals surface area contributed by atoms with Crippen LogP contribution in [-0.4, -0.2) is 35.2 Å². The van der Waals surface area contributed by atoms with Crippen molar-refractivity contribution in [2.24, 2.45) is 0 Å². The van der Waals surface area contributed by atoms with Crippen molar-refractivity contribution in [2.75, 3.05) is 13.1 Å². The first kappa shape index (κ1) is 20.6. The molecular formula is C23H22ClFN2O3. The summed E-state index contributed by atoms with van der Waals surface area (Å²) in [5.41, 5.74) is 1.61. The van der Waals surface area contributed by atoms with Gasteiger partial charge in [-0.05, 0) is 37.5 Å². The van der Waals surface area contributed by atoms with Gasteiger partial charge in [0.15, 0.2) is 0 Å². The van der Waals surface area contributed by atoms with Crippen molar-refractivity contribution < 1.29 is 18.4 Å². The number of aromatic nitrogens is 1. The Hall–Kier alpha value is -2.70. The molecule has 5 nitrogen and oxygen atoms in total. The molecule has 1 aliphatic rings. The number of carbonyl (C=O) groups is 1. The molecule has 1 amide bonds. The lowest BCUT2D eigenvalue weighted by Crippen LogP contribution is -2.41. The summed E-state index contributed by atoms with van der Waals surface area (Å²) in [6.07, 6.45) is 1.57. The van der Waals surface area contributed by atoms with Gasteiger partial charge in [0.25, 0.3) is 5.91 Å². The number of hydrogen-bond donors (Lipinski definition) is 0. The maximum atomic E-state index is 14.4. The molecule has 0 spiro atoms. The van der Waals surface area contributed by atoms with Gasteiger partial charge in [0.2, 0.25) is 0 Å². The number of amides is 1. The highest BCUT2D eigenvalue weighted by Crippen LogP contribution is 2.34. The zero-order chi connectivity index (χ0) is 21.1. The van der Waals surface area contributed by atoms with Crippen LogP contribution in [0.4, 0.5) is 4.39 Å². The van der Waals surface area contributed by atoms with E-state index >= 15 is 0 Å². The maximum Gasteiger partial charge on any atom is 0.259 e. The number of carbonyl (C=O) groups excluding carboxylic acids is 1. The summed E-state index contributed by atoms with van der Waals surface area (Å²) in [6.45, 7) is 3.30. The number of likely N-dealkylation sites (tertiary alicyclic amines) is 1. The van der Waals surface area contributed by atoms with Gasteiger partial charge in [-0.1, -0.05) is 53.2 Å². The smallest absolute Gasteiger partial charge is 0.259 e. The highest BCUT2D eigenvalue weighted by Gasteiger charge is 2.31. The van der Waals surface area contributed by atoms with Gasteiger partial charge in [-0.25, -0.2) is 4.39 Å². The summed E-state index contributed by atoms with van der Waals surface area (Å²) >= 11 is 6.18. The first-order valence-electron chi connectivity index (χ1n) is 9.90. The van der Waals surface area contributed by atoms with Crippen molar-refractivity contribution in [3.8, 4) is 11.3 Å². The third kappa shape index (κ3) is 4.25. The second-order valence-corrected chi connectivity index (χ2v) is 7.75. The van der Waals surface area contributed by atoms with Gasteiger partial charge in [-0.2, -0.15) is 0 Å². The molecule has 4 rings (SSSR count). The lowest BCUT2D eigenvalue weighted by Gasteiger charge is -2.32. The number of piperidine rings is 1. The first-order chi connectivity index (χ1) is 14.5. The second kappa shape index (κ2) is 8.98. The van der Waals surface area contributed by atoms with Gasteiger partial charge in [0, 0.05) is 13.1 Å². The molecule has 0 aliphatic carbocycles. The summed E-state index contributed by atoms with van der Waals surface area (Å²) in [4.78, 5) is 14.9.